The predicted octanol–water partition coefficient (Wildman–Crippen LogP) is 1.98. The molecule has 0 amide bonds. The van der Waals surface area contributed by atoms with E-state index in [0.29, 0.717) is 16.8 Å². The van der Waals surface area contributed by atoms with Crippen LogP contribution >= 0.6 is 0 Å². The molecule has 1 aromatic carbocycles. The van der Waals surface area contributed by atoms with Crippen LogP contribution in [-0.4, -0.2) is 31.1 Å². The number of aliphatic hydroxyl groups excluding tert-OH is 1. The lowest BCUT2D eigenvalue weighted by Crippen LogP contribution is -2.08. The van der Waals surface area contributed by atoms with Gasteiger partial charge in [-0.1, -0.05) is 5.16 Å². The fraction of sp³-hybridized carbons (Fsp3) is 0.188. The molecule has 0 fully saturated rings. The lowest BCUT2D eigenvalue weighted by molar-refractivity contribution is 0.0679. The number of carboxylic acids is 1. The molecule has 0 aliphatic rings. The van der Waals surface area contributed by atoms with Crippen LogP contribution in [0.1, 0.15) is 21.8 Å². The lowest BCUT2D eigenvalue weighted by Gasteiger charge is -2.07. The maximum atomic E-state index is 13.1. The number of ether oxygens (including phenoxy) is 1. The molecule has 0 radical (unpaired) electrons. The quantitative estimate of drug-likeness (QED) is 0.701. The topological polar surface area (TPSA) is 111 Å². The molecule has 3 rings (SSSR count). The number of aryl methyl sites for hydroxylation is 1. The van der Waals surface area contributed by atoms with Gasteiger partial charge in [0, 0.05) is 12.6 Å². The number of rotatable bonds is 6. The highest BCUT2D eigenvalue weighted by atomic mass is 19.1. The number of aliphatic hydroxyl groups is 1. The Kier molecular flexibility index (Phi) is 4.48. The van der Waals surface area contributed by atoms with Gasteiger partial charge in [0.1, 0.15) is 24.7 Å². The van der Waals surface area contributed by atoms with Crippen molar-refractivity contribution in [2.45, 2.75) is 13.2 Å². The van der Waals surface area contributed by atoms with Gasteiger partial charge in [0.2, 0.25) is 0 Å². The normalized spacial score (nSPS) is 10.8. The van der Waals surface area contributed by atoms with Crippen molar-refractivity contribution in [3.05, 3.63) is 53.3 Å². The molecule has 3 aromatic rings. The van der Waals surface area contributed by atoms with Crippen LogP contribution < -0.4 is 4.74 Å². The fourth-order valence-electron chi connectivity index (χ4n) is 2.37. The van der Waals surface area contributed by atoms with Gasteiger partial charge in [-0.25, -0.2) is 9.18 Å². The molecule has 0 atom stereocenters. The number of aromatic carboxylic acids is 1. The van der Waals surface area contributed by atoms with Crippen LogP contribution in [0.3, 0.4) is 0 Å². The SMILES string of the molecule is Cn1ncc(OCc2c(-c3ccc(F)cc3)noc2CO)c1C(=O)O. The van der Waals surface area contributed by atoms with Crippen molar-refractivity contribution in [2.24, 2.45) is 7.05 Å². The van der Waals surface area contributed by atoms with Crippen LogP contribution in [0.4, 0.5) is 4.39 Å². The Morgan fingerprint density at radius 3 is 2.72 bits per heavy atom. The summed E-state index contributed by atoms with van der Waals surface area (Å²) in [5, 5.41) is 26.4. The zero-order valence-corrected chi connectivity index (χ0v) is 13.1. The van der Waals surface area contributed by atoms with Crippen molar-refractivity contribution in [2.75, 3.05) is 0 Å². The minimum Gasteiger partial charge on any atom is -0.484 e. The van der Waals surface area contributed by atoms with E-state index in [-0.39, 0.29) is 23.8 Å². The third-order valence-corrected chi connectivity index (χ3v) is 3.61. The van der Waals surface area contributed by atoms with Gasteiger partial charge in [-0.05, 0) is 24.3 Å². The summed E-state index contributed by atoms with van der Waals surface area (Å²) in [5.41, 5.74) is 1.29. The van der Waals surface area contributed by atoms with Crippen LogP contribution in [0.25, 0.3) is 11.3 Å². The Bertz CT molecular complexity index is 901. The first-order chi connectivity index (χ1) is 12.0. The zero-order valence-electron chi connectivity index (χ0n) is 13.1. The van der Waals surface area contributed by atoms with Crippen LogP contribution in [0.5, 0.6) is 5.75 Å². The minimum atomic E-state index is -1.18. The van der Waals surface area contributed by atoms with Crippen LogP contribution in [-0.2, 0) is 20.3 Å². The molecule has 0 saturated carbocycles. The van der Waals surface area contributed by atoms with E-state index in [2.05, 4.69) is 10.3 Å². The average Bonchev–Trinajstić information content (AvgIpc) is 3.16. The molecule has 0 saturated heterocycles. The molecule has 130 valence electrons. The first kappa shape index (κ1) is 16.7. The largest absolute Gasteiger partial charge is 0.484 e. The minimum absolute atomic E-state index is 0.0742. The first-order valence-electron chi connectivity index (χ1n) is 7.23. The van der Waals surface area contributed by atoms with Gasteiger partial charge in [-0.15, -0.1) is 0 Å². The molecule has 0 spiro atoms. The molecule has 0 aliphatic heterocycles. The van der Waals surface area contributed by atoms with E-state index in [1.807, 2.05) is 0 Å². The highest BCUT2D eigenvalue weighted by molar-refractivity contribution is 5.88. The Labute approximate surface area is 141 Å². The Morgan fingerprint density at radius 1 is 1.36 bits per heavy atom. The summed E-state index contributed by atoms with van der Waals surface area (Å²) >= 11 is 0. The average molecular weight is 347 g/mol. The summed E-state index contributed by atoms with van der Waals surface area (Å²) in [5.74, 6) is -1.32. The molecule has 0 bridgehead atoms. The number of hydrogen-bond donors (Lipinski definition) is 2. The van der Waals surface area contributed by atoms with Gasteiger partial charge < -0.3 is 19.5 Å². The Morgan fingerprint density at radius 2 is 2.08 bits per heavy atom. The van der Waals surface area contributed by atoms with Crippen LogP contribution in [0.15, 0.2) is 35.0 Å². The summed E-state index contributed by atoms with van der Waals surface area (Å²) < 4.78 is 24.9. The van der Waals surface area contributed by atoms with Crippen molar-refractivity contribution in [1.82, 2.24) is 14.9 Å². The summed E-state index contributed by atoms with van der Waals surface area (Å²) in [6, 6.07) is 5.59. The van der Waals surface area contributed by atoms with Gasteiger partial charge in [-0.2, -0.15) is 5.10 Å². The molecule has 8 nitrogen and oxygen atoms in total. The van der Waals surface area contributed by atoms with Crippen LogP contribution in [0.2, 0.25) is 0 Å². The maximum absolute atomic E-state index is 13.1. The van der Waals surface area contributed by atoms with Gasteiger partial charge in [-0.3, -0.25) is 4.68 Å². The standard InChI is InChI=1S/C16H14FN3O5/c1-20-15(16(22)23)12(6-18-20)24-8-11-13(7-21)25-19-14(11)9-2-4-10(17)5-3-9/h2-6,21H,7-8H2,1H3,(H,22,23). The third kappa shape index (κ3) is 3.22. The van der Waals surface area contributed by atoms with Crippen molar-refractivity contribution >= 4 is 5.97 Å². The highest BCUT2D eigenvalue weighted by Gasteiger charge is 2.21. The van der Waals surface area contributed by atoms with Crippen molar-refractivity contribution in [3.8, 4) is 17.0 Å². The summed E-state index contributed by atoms with van der Waals surface area (Å²) in [6.45, 7) is -0.510. The number of aromatic nitrogens is 3. The molecule has 0 unspecified atom stereocenters. The number of benzene rings is 1. The van der Waals surface area contributed by atoms with Crippen molar-refractivity contribution in [3.63, 3.8) is 0 Å². The second-order valence-electron chi connectivity index (χ2n) is 5.17. The number of carbonyl (C=O) groups is 1. The second kappa shape index (κ2) is 6.73. The van der Waals surface area contributed by atoms with E-state index in [1.165, 1.54) is 42.2 Å². The number of halogens is 1. The van der Waals surface area contributed by atoms with E-state index < -0.39 is 18.4 Å². The van der Waals surface area contributed by atoms with E-state index >= 15 is 0 Å². The molecule has 2 N–H and O–H groups in total. The lowest BCUT2D eigenvalue weighted by atomic mass is 10.1. The molecule has 9 heteroatoms. The van der Waals surface area contributed by atoms with E-state index in [1.54, 1.807) is 0 Å². The third-order valence-electron chi connectivity index (χ3n) is 3.61. The summed E-state index contributed by atoms with van der Waals surface area (Å²) in [7, 11) is 1.48. The predicted molar refractivity (Wildman–Crippen MR) is 82.3 cm³/mol. The van der Waals surface area contributed by atoms with Gasteiger partial charge in [0.15, 0.2) is 17.2 Å². The second-order valence-corrected chi connectivity index (χ2v) is 5.17. The molecule has 25 heavy (non-hydrogen) atoms. The van der Waals surface area contributed by atoms with E-state index in [4.69, 9.17) is 9.26 Å². The highest BCUT2D eigenvalue weighted by Crippen LogP contribution is 2.28. The van der Waals surface area contributed by atoms with Crippen molar-refractivity contribution in [1.29, 1.82) is 0 Å². The smallest absolute Gasteiger partial charge is 0.358 e. The summed E-state index contributed by atoms with van der Waals surface area (Å²) in [6.07, 6.45) is 1.28. The summed E-state index contributed by atoms with van der Waals surface area (Å²) in [4.78, 5) is 11.3. The Balaban J connectivity index is 1.91. The van der Waals surface area contributed by atoms with Crippen molar-refractivity contribution < 1.29 is 28.7 Å². The zero-order chi connectivity index (χ0) is 18.0. The van der Waals surface area contributed by atoms with Gasteiger partial charge in [0.05, 0.1) is 11.8 Å². The first-order valence-corrected chi connectivity index (χ1v) is 7.23. The van der Waals surface area contributed by atoms with Crippen LogP contribution in [0, 0.1) is 5.82 Å². The van der Waals surface area contributed by atoms with Gasteiger partial charge in [0.25, 0.3) is 0 Å². The number of hydrogen-bond acceptors (Lipinski definition) is 6. The molecular weight excluding hydrogens is 333 g/mol. The molecule has 2 aromatic heterocycles. The molecule has 0 aliphatic carbocycles. The molecule has 2 heterocycles. The number of carboxylic acid groups (broad SMARTS) is 1. The van der Waals surface area contributed by atoms with E-state index in [0.717, 1.165) is 0 Å². The van der Waals surface area contributed by atoms with E-state index in [9.17, 15) is 19.4 Å². The maximum Gasteiger partial charge on any atom is 0.358 e. The molecular formula is C16H14FN3O5. The monoisotopic (exact) mass is 347 g/mol. The fourth-order valence-corrected chi connectivity index (χ4v) is 2.37. The Hall–Kier alpha value is -3.20. The van der Waals surface area contributed by atoms with Gasteiger partial charge >= 0.3 is 5.97 Å². The number of nitrogens with zero attached hydrogens (tertiary/aromatic N) is 3.